The predicted molar refractivity (Wildman–Crippen MR) is 81.5 cm³/mol. The van der Waals surface area contributed by atoms with E-state index in [1.165, 1.54) is 6.07 Å². The van der Waals surface area contributed by atoms with Crippen LogP contribution >= 0.6 is 15.9 Å². The van der Waals surface area contributed by atoms with Gasteiger partial charge in [0.2, 0.25) is 0 Å². The molecule has 100 valence electrons. The maximum Gasteiger partial charge on any atom is 0.131 e. The highest BCUT2D eigenvalue weighted by molar-refractivity contribution is 9.10. The molecule has 2 rings (SSSR count). The van der Waals surface area contributed by atoms with Gasteiger partial charge in [0.15, 0.2) is 0 Å². The number of hydrogen-bond donors (Lipinski definition) is 1. The molecule has 0 heterocycles. The number of rotatable bonds is 5. The minimum absolute atomic E-state index is 0.189. The summed E-state index contributed by atoms with van der Waals surface area (Å²) in [7, 11) is 0. The molecule has 0 aliphatic rings. The molecule has 0 atom stereocenters. The maximum absolute atomic E-state index is 14.0. The molecule has 2 aromatic carbocycles. The Bertz CT molecular complexity index is 554. The summed E-state index contributed by atoms with van der Waals surface area (Å²) < 4.78 is 14.9. The average Bonchev–Trinajstić information content (AvgIpc) is 2.42. The van der Waals surface area contributed by atoms with E-state index in [2.05, 4.69) is 28.2 Å². The lowest BCUT2D eigenvalue weighted by atomic mass is 10.0. The molecule has 0 saturated heterocycles. The predicted octanol–water partition coefficient (Wildman–Crippen LogP) is 4.75. The van der Waals surface area contributed by atoms with Crippen molar-refractivity contribution in [1.29, 1.82) is 0 Å². The van der Waals surface area contributed by atoms with Crippen molar-refractivity contribution in [2.75, 3.05) is 6.54 Å². The van der Waals surface area contributed by atoms with Gasteiger partial charge in [0.05, 0.1) is 0 Å². The summed E-state index contributed by atoms with van der Waals surface area (Å²) in [6, 6.07) is 13.0. The van der Waals surface area contributed by atoms with Crippen LogP contribution in [0.5, 0.6) is 0 Å². The molecule has 2 aromatic rings. The lowest BCUT2D eigenvalue weighted by molar-refractivity contribution is 0.628. The Morgan fingerprint density at radius 3 is 2.63 bits per heavy atom. The van der Waals surface area contributed by atoms with Crippen LogP contribution in [0.3, 0.4) is 0 Å². The molecule has 19 heavy (non-hydrogen) atoms. The summed E-state index contributed by atoms with van der Waals surface area (Å²) in [5.74, 6) is -0.189. The summed E-state index contributed by atoms with van der Waals surface area (Å²) in [6.45, 7) is 3.87. The molecule has 0 aliphatic heterocycles. The number of hydrogen-bond acceptors (Lipinski definition) is 1. The highest BCUT2D eigenvalue weighted by Crippen LogP contribution is 2.30. The van der Waals surface area contributed by atoms with Gasteiger partial charge in [0.25, 0.3) is 0 Å². The van der Waals surface area contributed by atoms with E-state index in [-0.39, 0.29) is 5.82 Å². The van der Waals surface area contributed by atoms with E-state index in [0.717, 1.165) is 35.1 Å². The van der Waals surface area contributed by atoms with Crippen LogP contribution in [0, 0.1) is 5.82 Å². The van der Waals surface area contributed by atoms with Crippen LogP contribution in [-0.2, 0) is 6.54 Å². The molecule has 1 N–H and O–H groups in total. The molecule has 0 bridgehead atoms. The van der Waals surface area contributed by atoms with Gasteiger partial charge in [0, 0.05) is 16.6 Å². The Labute approximate surface area is 122 Å². The van der Waals surface area contributed by atoms with Gasteiger partial charge in [-0.25, -0.2) is 4.39 Å². The molecule has 3 heteroatoms. The van der Waals surface area contributed by atoms with Gasteiger partial charge in [-0.05, 0) is 42.3 Å². The molecule has 0 spiro atoms. The first kappa shape index (κ1) is 14.2. The van der Waals surface area contributed by atoms with Gasteiger partial charge in [-0.15, -0.1) is 0 Å². The Morgan fingerprint density at radius 2 is 1.89 bits per heavy atom. The number of halogens is 2. The van der Waals surface area contributed by atoms with Crippen LogP contribution in [0.15, 0.2) is 46.9 Å². The van der Waals surface area contributed by atoms with Crippen LogP contribution in [0.25, 0.3) is 11.1 Å². The zero-order valence-electron chi connectivity index (χ0n) is 10.9. The van der Waals surface area contributed by atoms with Crippen molar-refractivity contribution >= 4 is 15.9 Å². The second-order valence-electron chi connectivity index (χ2n) is 4.47. The fourth-order valence-electron chi connectivity index (χ4n) is 1.98. The van der Waals surface area contributed by atoms with Crippen LogP contribution in [0.4, 0.5) is 4.39 Å². The van der Waals surface area contributed by atoms with Crippen molar-refractivity contribution in [2.24, 2.45) is 0 Å². The van der Waals surface area contributed by atoms with E-state index in [4.69, 9.17) is 0 Å². The molecule has 0 aromatic heterocycles. The Kier molecular flexibility index (Phi) is 5.11. The van der Waals surface area contributed by atoms with E-state index in [1.807, 2.05) is 36.4 Å². The monoisotopic (exact) mass is 321 g/mol. The number of nitrogens with one attached hydrogen (secondary N) is 1. The van der Waals surface area contributed by atoms with Gasteiger partial charge < -0.3 is 5.32 Å². The fourth-order valence-corrected chi connectivity index (χ4v) is 2.48. The van der Waals surface area contributed by atoms with Crippen molar-refractivity contribution in [2.45, 2.75) is 19.9 Å². The topological polar surface area (TPSA) is 12.0 Å². The third kappa shape index (κ3) is 3.64. The largest absolute Gasteiger partial charge is 0.313 e. The molecule has 1 nitrogen and oxygen atoms in total. The Hall–Kier alpha value is -1.19. The molecule has 0 aliphatic carbocycles. The van der Waals surface area contributed by atoms with E-state index >= 15 is 0 Å². The molecule has 0 radical (unpaired) electrons. The lowest BCUT2D eigenvalue weighted by Gasteiger charge is -2.09. The van der Waals surface area contributed by atoms with Gasteiger partial charge in [-0.3, -0.25) is 0 Å². The molecular weight excluding hydrogens is 305 g/mol. The first-order valence-corrected chi connectivity index (χ1v) is 7.25. The van der Waals surface area contributed by atoms with Crippen molar-refractivity contribution in [3.8, 4) is 11.1 Å². The normalized spacial score (nSPS) is 10.7. The zero-order valence-corrected chi connectivity index (χ0v) is 12.5. The molecule has 0 saturated carbocycles. The second-order valence-corrected chi connectivity index (χ2v) is 5.33. The third-order valence-corrected chi connectivity index (χ3v) is 3.64. The highest BCUT2D eigenvalue weighted by Gasteiger charge is 2.09. The van der Waals surface area contributed by atoms with Crippen molar-refractivity contribution < 1.29 is 4.39 Å². The first-order chi connectivity index (χ1) is 9.22. The molecule has 0 fully saturated rings. The van der Waals surface area contributed by atoms with Crippen LogP contribution in [-0.4, -0.2) is 6.54 Å². The van der Waals surface area contributed by atoms with E-state index < -0.39 is 0 Å². The summed E-state index contributed by atoms with van der Waals surface area (Å²) in [5.41, 5.74) is 2.63. The minimum Gasteiger partial charge on any atom is -0.313 e. The smallest absolute Gasteiger partial charge is 0.131 e. The summed E-state index contributed by atoms with van der Waals surface area (Å²) in [6.07, 6.45) is 1.10. The first-order valence-electron chi connectivity index (χ1n) is 6.46. The second kappa shape index (κ2) is 6.83. The van der Waals surface area contributed by atoms with Crippen molar-refractivity contribution in [1.82, 2.24) is 5.32 Å². The van der Waals surface area contributed by atoms with Crippen molar-refractivity contribution in [3.05, 3.63) is 58.3 Å². The fraction of sp³-hybridized carbons (Fsp3) is 0.250. The van der Waals surface area contributed by atoms with Crippen LogP contribution in [0.2, 0.25) is 0 Å². The number of benzene rings is 2. The van der Waals surface area contributed by atoms with Crippen LogP contribution < -0.4 is 5.32 Å². The Balaban J connectivity index is 2.30. The zero-order chi connectivity index (χ0) is 13.7. The molecular formula is C16H17BrFN. The van der Waals surface area contributed by atoms with Gasteiger partial charge in [0.1, 0.15) is 5.82 Å². The van der Waals surface area contributed by atoms with E-state index in [0.29, 0.717) is 5.56 Å². The standard InChI is InChI=1S/C16H17BrFN/c1-2-9-19-11-12-7-8-16(18)14(10-12)13-5-3-4-6-15(13)17/h3-8,10,19H,2,9,11H2,1H3. The van der Waals surface area contributed by atoms with E-state index in [9.17, 15) is 4.39 Å². The van der Waals surface area contributed by atoms with E-state index in [1.54, 1.807) is 0 Å². The average molecular weight is 322 g/mol. The van der Waals surface area contributed by atoms with Gasteiger partial charge >= 0.3 is 0 Å². The highest BCUT2D eigenvalue weighted by atomic mass is 79.9. The quantitative estimate of drug-likeness (QED) is 0.783. The third-order valence-electron chi connectivity index (χ3n) is 2.95. The maximum atomic E-state index is 14.0. The SMILES string of the molecule is CCCNCc1ccc(F)c(-c2ccccc2Br)c1. The van der Waals surface area contributed by atoms with Gasteiger partial charge in [-0.2, -0.15) is 0 Å². The lowest BCUT2D eigenvalue weighted by Crippen LogP contribution is -2.13. The Morgan fingerprint density at radius 1 is 1.11 bits per heavy atom. The molecule has 0 unspecified atom stereocenters. The summed E-state index contributed by atoms with van der Waals surface area (Å²) >= 11 is 3.47. The minimum atomic E-state index is -0.189. The summed E-state index contributed by atoms with van der Waals surface area (Å²) in [5, 5.41) is 3.33. The molecule has 0 amide bonds. The summed E-state index contributed by atoms with van der Waals surface area (Å²) in [4.78, 5) is 0. The van der Waals surface area contributed by atoms with Crippen molar-refractivity contribution in [3.63, 3.8) is 0 Å². The van der Waals surface area contributed by atoms with Gasteiger partial charge in [-0.1, -0.05) is 47.1 Å². The van der Waals surface area contributed by atoms with Crippen LogP contribution in [0.1, 0.15) is 18.9 Å².